The minimum Gasteiger partial charge on any atom is -0.332 e. The Morgan fingerprint density at radius 2 is 1.97 bits per heavy atom. The van der Waals surface area contributed by atoms with Crippen LogP contribution in [0.3, 0.4) is 0 Å². The highest BCUT2D eigenvalue weighted by atomic mass is 32.1. The normalized spacial score (nSPS) is 11.1. The van der Waals surface area contributed by atoms with Gasteiger partial charge in [0, 0.05) is 40.6 Å². The second-order valence-corrected chi connectivity index (χ2v) is 8.75. The topological polar surface area (TPSA) is 72.2 Å². The Balaban J connectivity index is 1.38. The second kappa shape index (κ2) is 8.36. The summed E-state index contributed by atoms with van der Waals surface area (Å²) in [6.45, 7) is 3.98. The van der Waals surface area contributed by atoms with Crippen LogP contribution in [0.5, 0.6) is 0 Å². The molecule has 6 nitrogen and oxygen atoms in total. The number of ketones is 1. The van der Waals surface area contributed by atoms with Gasteiger partial charge in [-0.2, -0.15) is 0 Å². The molecule has 0 aliphatic heterocycles. The van der Waals surface area contributed by atoms with Crippen LogP contribution in [-0.4, -0.2) is 25.1 Å². The SMILES string of the molecule is Cc1ncccc1CC(=O)c1cccc(Nc2nc(-c3cnc4ccccn34)c(C)s2)c1. The number of thiazole rings is 1. The molecule has 0 bridgehead atoms. The summed E-state index contributed by atoms with van der Waals surface area (Å²) in [5, 5.41) is 4.13. The summed E-state index contributed by atoms with van der Waals surface area (Å²) in [6.07, 6.45) is 5.91. The number of carbonyl (C=O) groups is 1. The highest BCUT2D eigenvalue weighted by Crippen LogP contribution is 2.32. The Kier molecular flexibility index (Phi) is 5.25. The lowest BCUT2D eigenvalue weighted by atomic mass is 10.0. The number of rotatable bonds is 6. The van der Waals surface area contributed by atoms with Gasteiger partial charge in [-0.3, -0.25) is 14.2 Å². The number of nitrogens with one attached hydrogen (secondary N) is 1. The maximum atomic E-state index is 12.8. The van der Waals surface area contributed by atoms with Gasteiger partial charge in [0.05, 0.1) is 11.9 Å². The smallest absolute Gasteiger partial charge is 0.188 e. The lowest BCUT2D eigenvalue weighted by Gasteiger charge is -2.07. The molecular weight excluding hydrogens is 418 g/mol. The van der Waals surface area contributed by atoms with Crippen LogP contribution in [0, 0.1) is 13.8 Å². The predicted octanol–water partition coefficient (Wildman–Crippen LogP) is 5.64. The van der Waals surface area contributed by atoms with Crippen molar-refractivity contribution in [1.29, 1.82) is 0 Å². The Morgan fingerprint density at radius 3 is 2.84 bits per heavy atom. The van der Waals surface area contributed by atoms with E-state index in [4.69, 9.17) is 4.98 Å². The van der Waals surface area contributed by atoms with E-state index in [-0.39, 0.29) is 5.78 Å². The van der Waals surface area contributed by atoms with Crippen molar-refractivity contribution in [3.8, 4) is 11.4 Å². The van der Waals surface area contributed by atoms with E-state index < -0.39 is 0 Å². The molecule has 1 N–H and O–H groups in total. The van der Waals surface area contributed by atoms with Crippen molar-refractivity contribution >= 4 is 33.6 Å². The quantitative estimate of drug-likeness (QED) is 0.347. The Hall–Kier alpha value is -3.84. The average molecular weight is 440 g/mol. The summed E-state index contributed by atoms with van der Waals surface area (Å²) in [4.78, 5) is 27.5. The number of fused-ring (bicyclic) bond motifs is 1. The molecule has 0 aliphatic carbocycles. The fourth-order valence-electron chi connectivity index (χ4n) is 3.67. The number of benzene rings is 1. The number of imidazole rings is 1. The van der Waals surface area contributed by atoms with Gasteiger partial charge in [-0.15, -0.1) is 11.3 Å². The Bertz CT molecular complexity index is 1440. The molecule has 5 aromatic rings. The number of aryl methyl sites for hydroxylation is 2. The molecule has 0 unspecified atom stereocenters. The highest BCUT2D eigenvalue weighted by Gasteiger charge is 2.15. The zero-order valence-electron chi connectivity index (χ0n) is 17.7. The standard InChI is InChI=1S/C25H21N5OS/c1-16-18(8-6-11-26-16)14-22(31)19-7-5-9-20(13-19)28-25-29-24(17(2)32-25)21-15-27-23-10-3-4-12-30(21)23/h3-13,15H,14H2,1-2H3,(H,28,29). The summed E-state index contributed by atoms with van der Waals surface area (Å²) in [5.41, 5.74) is 6.07. The molecule has 0 radical (unpaired) electrons. The molecule has 0 amide bonds. The van der Waals surface area contributed by atoms with E-state index in [1.54, 1.807) is 17.5 Å². The number of hydrogen-bond donors (Lipinski definition) is 1. The third-order valence-electron chi connectivity index (χ3n) is 5.36. The van der Waals surface area contributed by atoms with Crippen LogP contribution in [0.2, 0.25) is 0 Å². The number of Topliss-reactive ketones (excluding diaryl/α,β-unsaturated/α-hetero) is 1. The number of carbonyl (C=O) groups excluding carboxylic acids is 1. The van der Waals surface area contributed by atoms with E-state index in [9.17, 15) is 4.79 Å². The van der Waals surface area contributed by atoms with Gasteiger partial charge < -0.3 is 5.32 Å². The van der Waals surface area contributed by atoms with Crippen LogP contribution in [-0.2, 0) is 6.42 Å². The van der Waals surface area contributed by atoms with Crippen LogP contribution in [0.1, 0.15) is 26.5 Å². The fraction of sp³-hybridized carbons (Fsp3) is 0.120. The van der Waals surface area contributed by atoms with E-state index in [1.807, 2.05) is 78.3 Å². The average Bonchev–Trinajstić information content (AvgIpc) is 3.38. The van der Waals surface area contributed by atoms with Crippen LogP contribution in [0.25, 0.3) is 17.0 Å². The largest absolute Gasteiger partial charge is 0.332 e. The van der Waals surface area contributed by atoms with Crippen molar-refractivity contribution in [3.05, 3.63) is 94.9 Å². The molecule has 158 valence electrons. The molecule has 1 aromatic carbocycles. The molecule has 5 rings (SSSR count). The van der Waals surface area contributed by atoms with Gasteiger partial charge in [-0.25, -0.2) is 9.97 Å². The third-order valence-corrected chi connectivity index (χ3v) is 6.25. The van der Waals surface area contributed by atoms with E-state index >= 15 is 0 Å². The molecule has 7 heteroatoms. The van der Waals surface area contributed by atoms with E-state index in [0.717, 1.165) is 44.0 Å². The number of nitrogens with zero attached hydrogens (tertiary/aromatic N) is 4. The van der Waals surface area contributed by atoms with Crippen LogP contribution < -0.4 is 5.32 Å². The first-order chi connectivity index (χ1) is 15.6. The molecule has 0 atom stereocenters. The van der Waals surface area contributed by atoms with Crippen molar-refractivity contribution in [1.82, 2.24) is 19.4 Å². The van der Waals surface area contributed by atoms with Crippen LogP contribution in [0.15, 0.2) is 73.2 Å². The summed E-state index contributed by atoms with van der Waals surface area (Å²) in [6, 6.07) is 17.3. The highest BCUT2D eigenvalue weighted by molar-refractivity contribution is 7.16. The van der Waals surface area contributed by atoms with Gasteiger partial charge in [0.25, 0.3) is 0 Å². The molecular formula is C25H21N5OS. The number of anilines is 2. The summed E-state index contributed by atoms with van der Waals surface area (Å²) in [7, 11) is 0. The minimum absolute atomic E-state index is 0.0616. The van der Waals surface area contributed by atoms with Crippen LogP contribution >= 0.6 is 11.3 Å². The zero-order valence-corrected chi connectivity index (χ0v) is 18.6. The van der Waals surface area contributed by atoms with Gasteiger partial charge in [-0.05, 0) is 49.7 Å². The molecule has 0 spiro atoms. The van der Waals surface area contributed by atoms with Gasteiger partial charge in [-0.1, -0.05) is 24.3 Å². The number of aromatic nitrogens is 4. The maximum Gasteiger partial charge on any atom is 0.188 e. The first-order valence-corrected chi connectivity index (χ1v) is 11.1. The molecule has 0 aliphatic rings. The van der Waals surface area contributed by atoms with Gasteiger partial charge in [0.2, 0.25) is 0 Å². The number of hydrogen-bond acceptors (Lipinski definition) is 6. The van der Waals surface area contributed by atoms with Crippen molar-refractivity contribution in [2.24, 2.45) is 0 Å². The molecule has 4 aromatic heterocycles. The Labute approximate surface area is 189 Å². The van der Waals surface area contributed by atoms with E-state index in [1.165, 1.54) is 0 Å². The van der Waals surface area contributed by atoms with Crippen molar-refractivity contribution in [2.75, 3.05) is 5.32 Å². The van der Waals surface area contributed by atoms with Gasteiger partial charge in [0.1, 0.15) is 11.3 Å². The van der Waals surface area contributed by atoms with Gasteiger partial charge >= 0.3 is 0 Å². The Morgan fingerprint density at radius 1 is 1.06 bits per heavy atom. The first kappa shape index (κ1) is 20.1. The summed E-state index contributed by atoms with van der Waals surface area (Å²) < 4.78 is 2.03. The summed E-state index contributed by atoms with van der Waals surface area (Å²) >= 11 is 1.58. The lowest BCUT2D eigenvalue weighted by Crippen LogP contribution is -2.06. The van der Waals surface area contributed by atoms with E-state index in [2.05, 4.69) is 22.2 Å². The first-order valence-electron chi connectivity index (χ1n) is 10.3. The van der Waals surface area contributed by atoms with Gasteiger partial charge in [0.15, 0.2) is 10.9 Å². The fourth-order valence-corrected chi connectivity index (χ4v) is 4.51. The molecule has 0 saturated carbocycles. The maximum absolute atomic E-state index is 12.8. The third kappa shape index (κ3) is 3.90. The molecule has 0 fully saturated rings. The molecule has 0 saturated heterocycles. The van der Waals surface area contributed by atoms with Crippen molar-refractivity contribution < 1.29 is 4.79 Å². The lowest BCUT2D eigenvalue weighted by molar-refractivity contribution is 0.0992. The molecule has 32 heavy (non-hydrogen) atoms. The van der Waals surface area contributed by atoms with E-state index in [0.29, 0.717) is 12.0 Å². The van der Waals surface area contributed by atoms with Crippen LogP contribution in [0.4, 0.5) is 10.8 Å². The van der Waals surface area contributed by atoms with Crippen molar-refractivity contribution in [3.63, 3.8) is 0 Å². The minimum atomic E-state index is 0.0616. The zero-order chi connectivity index (χ0) is 22.1. The predicted molar refractivity (Wildman–Crippen MR) is 128 cm³/mol. The number of pyridine rings is 2. The monoisotopic (exact) mass is 439 g/mol. The molecule has 4 heterocycles. The van der Waals surface area contributed by atoms with Crippen molar-refractivity contribution in [2.45, 2.75) is 20.3 Å². The summed E-state index contributed by atoms with van der Waals surface area (Å²) in [5.74, 6) is 0.0616. The second-order valence-electron chi connectivity index (χ2n) is 7.55.